The molecule has 1 heterocycles. The van der Waals surface area contributed by atoms with Crippen LogP contribution in [0, 0.1) is 6.92 Å². The van der Waals surface area contributed by atoms with Crippen LogP contribution in [0.3, 0.4) is 0 Å². The largest absolute Gasteiger partial charge is 0.366 e. The summed E-state index contributed by atoms with van der Waals surface area (Å²) in [5, 5.41) is 0. The molecule has 0 fully saturated rings. The summed E-state index contributed by atoms with van der Waals surface area (Å²) in [6.07, 6.45) is 0. The Hall–Kier alpha value is -1.80. The normalized spacial score (nSPS) is 12.5. The van der Waals surface area contributed by atoms with Gasteiger partial charge in [0.05, 0.1) is 0 Å². The van der Waals surface area contributed by atoms with Crippen LogP contribution in [0.2, 0.25) is 0 Å². The van der Waals surface area contributed by atoms with Gasteiger partial charge in [0.25, 0.3) is 4.34 Å². The number of hydrogen-bond acceptors (Lipinski definition) is 5. The van der Waals surface area contributed by atoms with Crippen LogP contribution in [0.5, 0.6) is 0 Å². The van der Waals surface area contributed by atoms with Gasteiger partial charge in [-0.15, -0.1) is 4.40 Å². The van der Waals surface area contributed by atoms with E-state index >= 15 is 0 Å². The van der Waals surface area contributed by atoms with E-state index in [2.05, 4.69) is 13.8 Å². The molecule has 2 aromatic rings. The fourth-order valence-electron chi connectivity index (χ4n) is 1.54. The van der Waals surface area contributed by atoms with Gasteiger partial charge in [0.1, 0.15) is 5.84 Å². The molecule has 1 aromatic heterocycles. The van der Waals surface area contributed by atoms with Crippen LogP contribution in [0.1, 0.15) is 12.5 Å². The van der Waals surface area contributed by atoms with Crippen molar-refractivity contribution in [3.8, 4) is 11.4 Å². The Morgan fingerprint density at radius 2 is 1.95 bits per heavy atom. The highest BCUT2D eigenvalue weighted by atomic mass is 32.2. The summed E-state index contributed by atoms with van der Waals surface area (Å²) < 4.78 is 32.1. The average molecular weight is 324 g/mol. The van der Waals surface area contributed by atoms with E-state index in [-0.39, 0.29) is 4.34 Å². The van der Waals surface area contributed by atoms with E-state index in [1.54, 1.807) is 25.9 Å². The molecule has 0 aliphatic heterocycles. The van der Waals surface area contributed by atoms with Crippen LogP contribution in [-0.4, -0.2) is 42.6 Å². The lowest BCUT2D eigenvalue weighted by Gasteiger charge is -2.09. The molecular weight excluding hydrogens is 308 g/mol. The number of amidine groups is 1. The van der Waals surface area contributed by atoms with Gasteiger partial charge in [-0.05, 0) is 19.4 Å². The van der Waals surface area contributed by atoms with E-state index in [9.17, 15) is 8.42 Å². The maximum atomic E-state index is 12.2. The van der Waals surface area contributed by atoms with Crippen molar-refractivity contribution in [2.45, 2.75) is 18.2 Å². The number of nitrogens with zero attached hydrogens (tertiary/aromatic N) is 4. The second-order valence-corrected chi connectivity index (χ2v) is 7.24. The van der Waals surface area contributed by atoms with E-state index in [1.165, 1.54) is 0 Å². The number of aromatic nitrogens is 2. The lowest BCUT2D eigenvalue weighted by molar-refractivity contribution is 0.590. The van der Waals surface area contributed by atoms with Gasteiger partial charge in [0.2, 0.25) is 0 Å². The standard InChI is InChI=1S/C13H16N4O2S2/c1-9-7-5-6-8-11(9)12-14-13(20-15-12)21(18,19)16-10(2)17(3)4/h5-8H,1-4H3/b16-10+. The number of hydrogen-bond donors (Lipinski definition) is 0. The summed E-state index contributed by atoms with van der Waals surface area (Å²) in [6.45, 7) is 3.56. The molecule has 8 heteroatoms. The van der Waals surface area contributed by atoms with Crippen LogP contribution < -0.4 is 0 Å². The molecule has 6 nitrogen and oxygen atoms in total. The molecule has 0 bridgehead atoms. The quantitative estimate of drug-likeness (QED) is 0.639. The van der Waals surface area contributed by atoms with Crippen molar-refractivity contribution in [2.75, 3.05) is 14.1 Å². The first-order chi connectivity index (χ1) is 9.81. The summed E-state index contributed by atoms with van der Waals surface area (Å²) in [7, 11) is -0.355. The fraction of sp³-hybridized carbons (Fsp3) is 0.308. The minimum absolute atomic E-state index is 0.0954. The zero-order valence-corrected chi connectivity index (χ0v) is 13.9. The van der Waals surface area contributed by atoms with E-state index in [0.29, 0.717) is 11.7 Å². The Bertz CT molecular complexity index is 779. The molecular formula is C13H16N4O2S2. The van der Waals surface area contributed by atoms with E-state index in [0.717, 1.165) is 22.7 Å². The zero-order valence-electron chi connectivity index (χ0n) is 12.2. The number of aryl methyl sites for hydroxylation is 1. The number of benzene rings is 1. The third-order valence-electron chi connectivity index (χ3n) is 2.91. The van der Waals surface area contributed by atoms with Crippen molar-refractivity contribution < 1.29 is 8.42 Å². The first kappa shape index (κ1) is 15.6. The smallest absolute Gasteiger partial charge is 0.312 e. The van der Waals surface area contributed by atoms with Crippen molar-refractivity contribution >= 4 is 27.4 Å². The molecule has 0 unspecified atom stereocenters. The van der Waals surface area contributed by atoms with Crippen molar-refractivity contribution in [3.63, 3.8) is 0 Å². The van der Waals surface area contributed by atoms with Crippen LogP contribution in [0.25, 0.3) is 11.4 Å². The van der Waals surface area contributed by atoms with E-state index in [4.69, 9.17) is 0 Å². The third kappa shape index (κ3) is 3.45. The molecule has 0 saturated heterocycles. The first-order valence-corrected chi connectivity index (χ1v) is 8.41. The number of rotatable bonds is 3. The molecule has 1 aromatic carbocycles. The minimum Gasteiger partial charge on any atom is -0.366 e. The molecule has 112 valence electrons. The molecule has 0 saturated carbocycles. The van der Waals surface area contributed by atoms with Gasteiger partial charge in [-0.25, -0.2) is 4.98 Å². The lowest BCUT2D eigenvalue weighted by atomic mass is 10.1. The molecule has 0 aliphatic rings. The summed E-state index contributed by atoms with van der Waals surface area (Å²) in [6, 6.07) is 7.57. The maximum absolute atomic E-state index is 12.2. The first-order valence-electron chi connectivity index (χ1n) is 6.20. The maximum Gasteiger partial charge on any atom is 0.312 e. The van der Waals surface area contributed by atoms with Crippen molar-refractivity contribution in [1.82, 2.24) is 14.3 Å². The average Bonchev–Trinajstić information content (AvgIpc) is 2.89. The Kier molecular flexibility index (Phi) is 4.38. The third-order valence-corrected chi connectivity index (χ3v) is 5.32. The summed E-state index contributed by atoms with van der Waals surface area (Å²) >= 11 is 0.839. The molecule has 0 radical (unpaired) electrons. The lowest BCUT2D eigenvalue weighted by Crippen LogP contribution is -2.19. The Morgan fingerprint density at radius 3 is 2.57 bits per heavy atom. The molecule has 0 N–H and O–H groups in total. The van der Waals surface area contributed by atoms with E-state index < -0.39 is 10.0 Å². The predicted octanol–water partition coefficient (Wildman–Crippen LogP) is 2.18. The van der Waals surface area contributed by atoms with Crippen LogP contribution in [-0.2, 0) is 10.0 Å². The van der Waals surface area contributed by atoms with Gasteiger partial charge >= 0.3 is 10.0 Å². The molecule has 0 atom stereocenters. The zero-order chi connectivity index (χ0) is 15.6. The second-order valence-electron chi connectivity index (χ2n) is 4.71. The highest BCUT2D eigenvalue weighted by Crippen LogP contribution is 2.24. The van der Waals surface area contributed by atoms with Crippen LogP contribution in [0.4, 0.5) is 0 Å². The second kappa shape index (κ2) is 5.90. The number of sulfonamides is 1. The predicted molar refractivity (Wildman–Crippen MR) is 84.1 cm³/mol. The van der Waals surface area contributed by atoms with E-state index in [1.807, 2.05) is 31.2 Å². The summed E-state index contributed by atoms with van der Waals surface area (Å²) in [5.41, 5.74) is 1.82. The van der Waals surface area contributed by atoms with Gasteiger partial charge in [0.15, 0.2) is 5.82 Å². The molecule has 0 spiro atoms. The Labute approximate surface area is 128 Å². The molecule has 0 amide bonds. The minimum atomic E-state index is -3.81. The van der Waals surface area contributed by atoms with Crippen LogP contribution in [0.15, 0.2) is 33.0 Å². The highest BCUT2D eigenvalue weighted by molar-refractivity contribution is 7.92. The summed E-state index contributed by atoms with van der Waals surface area (Å²) in [4.78, 5) is 5.75. The highest BCUT2D eigenvalue weighted by Gasteiger charge is 2.21. The van der Waals surface area contributed by atoms with Gasteiger partial charge in [0, 0.05) is 31.2 Å². The molecule has 21 heavy (non-hydrogen) atoms. The fourth-order valence-corrected chi connectivity index (χ4v) is 3.36. The monoisotopic (exact) mass is 324 g/mol. The Balaban J connectivity index is 2.41. The van der Waals surface area contributed by atoms with Gasteiger partial charge in [-0.3, -0.25) is 0 Å². The van der Waals surface area contributed by atoms with Crippen LogP contribution >= 0.6 is 11.5 Å². The molecule has 2 rings (SSSR count). The van der Waals surface area contributed by atoms with Gasteiger partial charge in [-0.2, -0.15) is 12.8 Å². The van der Waals surface area contributed by atoms with Gasteiger partial charge in [-0.1, -0.05) is 24.3 Å². The molecule has 0 aliphatic carbocycles. The van der Waals surface area contributed by atoms with Gasteiger partial charge < -0.3 is 4.90 Å². The summed E-state index contributed by atoms with van der Waals surface area (Å²) in [5.74, 6) is 0.803. The Morgan fingerprint density at radius 1 is 1.29 bits per heavy atom. The van der Waals surface area contributed by atoms with Crippen molar-refractivity contribution in [1.29, 1.82) is 0 Å². The van der Waals surface area contributed by atoms with Crippen molar-refractivity contribution in [2.24, 2.45) is 4.40 Å². The van der Waals surface area contributed by atoms with Crippen molar-refractivity contribution in [3.05, 3.63) is 29.8 Å². The SMILES string of the molecule is C/C(=N\S(=O)(=O)c1nc(-c2ccccc2C)ns1)N(C)C. The topological polar surface area (TPSA) is 75.5 Å².